The van der Waals surface area contributed by atoms with Gasteiger partial charge in [-0.1, -0.05) is 29.8 Å². The summed E-state index contributed by atoms with van der Waals surface area (Å²) < 4.78 is 46.1. The molecule has 3 atom stereocenters. The Hall–Kier alpha value is -3.84. The number of hydrogen-bond acceptors (Lipinski definition) is 9. The predicted molar refractivity (Wildman–Crippen MR) is 159 cm³/mol. The van der Waals surface area contributed by atoms with Crippen molar-refractivity contribution < 1.29 is 37.3 Å². The summed E-state index contributed by atoms with van der Waals surface area (Å²) in [5.41, 5.74) is -1.39. The summed E-state index contributed by atoms with van der Waals surface area (Å²) in [7, 11) is 2.70. The van der Waals surface area contributed by atoms with E-state index in [4.69, 9.17) is 25.8 Å². The van der Waals surface area contributed by atoms with E-state index in [2.05, 4.69) is 0 Å². The van der Waals surface area contributed by atoms with Crippen LogP contribution in [0.2, 0.25) is 5.02 Å². The second-order valence-electron chi connectivity index (χ2n) is 10.5. The van der Waals surface area contributed by atoms with Crippen molar-refractivity contribution in [3.8, 4) is 17.2 Å². The number of β-amino-alcohol motifs (C(OH)–C–C–N with tert-alkyl or cyclic N) is 1. The third kappa shape index (κ3) is 4.69. The molecule has 1 unspecified atom stereocenters. The van der Waals surface area contributed by atoms with Crippen LogP contribution < -0.4 is 18.5 Å². The summed E-state index contributed by atoms with van der Waals surface area (Å²) in [5.74, 6) is -0.650. The van der Waals surface area contributed by atoms with Crippen LogP contribution in [-0.2, 0) is 25.2 Å². The zero-order valence-corrected chi connectivity index (χ0v) is 25.8. The highest BCUT2D eigenvalue weighted by atomic mass is 35.5. The van der Waals surface area contributed by atoms with Gasteiger partial charge in [0.2, 0.25) is 5.91 Å². The molecule has 2 aliphatic heterocycles. The Morgan fingerprint density at radius 3 is 2.33 bits per heavy atom. The van der Waals surface area contributed by atoms with E-state index in [0.717, 1.165) is 4.31 Å². The number of nitrogens with zero attached hydrogens (tertiary/aromatic N) is 3. The van der Waals surface area contributed by atoms with E-state index in [9.17, 15) is 18.3 Å². The molecule has 0 spiro atoms. The number of fused-ring (bicyclic) bond motifs is 1. The van der Waals surface area contributed by atoms with Crippen LogP contribution in [0.1, 0.15) is 17.5 Å². The van der Waals surface area contributed by atoms with Crippen molar-refractivity contribution >= 4 is 39.1 Å². The Kier molecular flexibility index (Phi) is 8.07. The fraction of sp³-hybridized carbons (Fsp3) is 0.333. The normalized spacial score (nSPS) is 21.9. The van der Waals surface area contributed by atoms with Gasteiger partial charge in [0.05, 0.1) is 39.2 Å². The molecule has 3 aromatic carbocycles. The molecule has 0 aliphatic carbocycles. The van der Waals surface area contributed by atoms with Crippen LogP contribution in [0.5, 0.6) is 17.2 Å². The van der Waals surface area contributed by atoms with E-state index in [-0.39, 0.29) is 57.1 Å². The quantitative estimate of drug-likeness (QED) is 0.400. The van der Waals surface area contributed by atoms with Crippen LogP contribution >= 0.6 is 11.6 Å². The highest BCUT2D eigenvalue weighted by Crippen LogP contribution is 2.55. The summed E-state index contributed by atoms with van der Waals surface area (Å²) in [6, 6.07) is 14.3. The maximum absolute atomic E-state index is 15.2. The van der Waals surface area contributed by atoms with Gasteiger partial charge in [-0.3, -0.25) is 14.5 Å². The smallest absolute Gasteiger partial charge is 0.274 e. The highest BCUT2D eigenvalue weighted by molar-refractivity contribution is 7.93. The molecule has 1 fully saturated rings. The Morgan fingerprint density at radius 2 is 1.67 bits per heavy atom. The molecule has 0 saturated carbocycles. The molecular formula is C30H32ClN3O8S. The Labute approximate surface area is 255 Å². The van der Waals surface area contributed by atoms with Gasteiger partial charge in [0, 0.05) is 42.9 Å². The molecule has 5 rings (SSSR count). The number of methoxy groups -OCH3 is 3. The van der Waals surface area contributed by atoms with Gasteiger partial charge < -0.3 is 24.2 Å². The molecule has 228 valence electrons. The fourth-order valence-corrected chi connectivity index (χ4v) is 7.80. The topological polar surface area (TPSA) is 126 Å². The molecular weight excluding hydrogens is 598 g/mol. The number of likely N-dealkylation sites (tertiary alicyclic amines) is 1. The van der Waals surface area contributed by atoms with Crippen LogP contribution in [0.15, 0.2) is 65.6 Å². The summed E-state index contributed by atoms with van der Waals surface area (Å²) in [6.45, 7) is -0.111. The monoisotopic (exact) mass is 629 g/mol. The van der Waals surface area contributed by atoms with Gasteiger partial charge in [-0.25, -0.2) is 12.7 Å². The first kappa shape index (κ1) is 30.6. The van der Waals surface area contributed by atoms with Crippen molar-refractivity contribution in [2.45, 2.75) is 29.0 Å². The molecule has 11 nitrogen and oxygen atoms in total. The molecule has 1 N–H and O–H groups in total. The van der Waals surface area contributed by atoms with E-state index in [1.54, 1.807) is 43.3 Å². The number of ether oxygens (including phenoxy) is 3. The first-order valence-electron chi connectivity index (χ1n) is 13.3. The van der Waals surface area contributed by atoms with Gasteiger partial charge in [-0.2, -0.15) is 0 Å². The fourth-order valence-electron chi connectivity index (χ4n) is 6.02. The van der Waals surface area contributed by atoms with Gasteiger partial charge >= 0.3 is 0 Å². The van der Waals surface area contributed by atoms with Gasteiger partial charge in [-0.05, 0) is 42.8 Å². The number of benzene rings is 3. The van der Waals surface area contributed by atoms with E-state index in [1.807, 2.05) is 0 Å². The van der Waals surface area contributed by atoms with Gasteiger partial charge in [0.1, 0.15) is 22.1 Å². The lowest BCUT2D eigenvalue weighted by molar-refractivity contribution is -0.138. The standard InChI is InChI=1S/C30H32ClN3O8S/c1-32(2)28(36)24-15-19(35)17-33(24)30(21-8-6-7-9-25(21)41-4)22-14-18(31)10-12-23(22)34(29(30)37)43(38,39)27-13-11-20(40-3)16-26(27)42-5/h6-14,16,19,24,35H,15,17H2,1-5H3/t19-,24?,30+/m1/s1. The molecule has 0 radical (unpaired) electrons. The van der Waals surface area contributed by atoms with E-state index < -0.39 is 33.6 Å². The van der Waals surface area contributed by atoms with E-state index in [1.165, 1.54) is 62.6 Å². The van der Waals surface area contributed by atoms with Crippen molar-refractivity contribution in [3.63, 3.8) is 0 Å². The number of amides is 2. The number of carbonyl (C=O) groups is 2. The van der Waals surface area contributed by atoms with Crippen molar-refractivity contribution in [2.24, 2.45) is 0 Å². The average molecular weight is 630 g/mol. The molecule has 1 saturated heterocycles. The number of aliphatic hydroxyl groups excluding tert-OH is 1. The molecule has 2 amide bonds. The van der Waals surface area contributed by atoms with Crippen LogP contribution in [0.3, 0.4) is 0 Å². The molecule has 0 bridgehead atoms. The van der Waals surface area contributed by atoms with Gasteiger partial charge in [-0.15, -0.1) is 0 Å². The summed E-state index contributed by atoms with van der Waals surface area (Å²) in [4.78, 5) is 31.4. The van der Waals surface area contributed by atoms with Crippen LogP contribution in [0.4, 0.5) is 5.69 Å². The Balaban J connectivity index is 1.86. The second kappa shape index (κ2) is 11.3. The third-order valence-corrected chi connectivity index (χ3v) is 9.85. The van der Waals surface area contributed by atoms with Gasteiger partial charge in [0.25, 0.3) is 15.9 Å². The molecule has 13 heteroatoms. The molecule has 0 aromatic heterocycles. The van der Waals surface area contributed by atoms with E-state index >= 15 is 4.79 Å². The lowest BCUT2D eigenvalue weighted by Crippen LogP contribution is -2.59. The number of rotatable bonds is 8. The number of likely N-dealkylation sites (N-methyl/N-ethyl adjacent to an activating group) is 1. The number of para-hydroxylation sites is 1. The molecule has 3 aromatic rings. The Bertz CT molecular complexity index is 1700. The molecule has 2 heterocycles. The second-order valence-corrected chi connectivity index (χ2v) is 12.6. The number of sulfonamides is 1. The SMILES string of the molecule is COc1ccc(S(=O)(=O)N2C(=O)[C@@](c3ccccc3OC)(N3C[C@H](O)CC3C(=O)N(C)C)c3cc(Cl)ccc32)c(OC)c1. The van der Waals surface area contributed by atoms with E-state index in [0.29, 0.717) is 5.75 Å². The summed E-state index contributed by atoms with van der Waals surface area (Å²) in [6.07, 6.45) is -0.959. The Morgan fingerprint density at radius 1 is 0.977 bits per heavy atom. The number of hydrogen-bond donors (Lipinski definition) is 1. The summed E-state index contributed by atoms with van der Waals surface area (Å²) >= 11 is 6.52. The molecule has 2 aliphatic rings. The first-order valence-corrected chi connectivity index (χ1v) is 15.2. The third-order valence-electron chi connectivity index (χ3n) is 7.88. The van der Waals surface area contributed by atoms with Crippen molar-refractivity contribution in [1.82, 2.24) is 9.80 Å². The predicted octanol–water partition coefficient (Wildman–Crippen LogP) is 2.87. The molecule has 43 heavy (non-hydrogen) atoms. The number of carbonyl (C=O) groups excluding carboxylic acids is 2. The lowest BCUT2D eigenvalue weighted by Gasteiger charge is -2.42. The average Bonchev–Trinajstić information content (AvgIpc) is 3.50. The maximum Gasteiger partial charge on any atom is 0.274 e. The highest BCUT2D eigenvalue weighted by Gasteiger charge is 2.64. The zero-order chi connectivity index (χ0) is 31.3. The van der Waals surface area contributed by atoms with Crippen molar-refractivity contribution in [1.29, 1.82) is 0 Å². The summed E-state index contributed by atoms with van der Waals surface area (Å²) in [5, 5.41) is 11.2. The lowest BCUT2D eigenvalue weighted by atomic mass is 9.80. The minimum Gasteiger partial charge on any atom is -0.497 e. The number of halogens is 1. The van der Waals surface area contributed by atoms with Crippen LogP contribution in [0.25, 0.3) is 0 Å². The van der Waals surface area contributed by atoms with Crippen LogP contribution in [0, 0.1) is 0 Å². The van der Waals surface area contributed by atoms with Crippen molar-refractivity contribution in [2.75, 3.05) is 46.3 Å². The largest absolute Gasteiger partial charge is 0.497 e. The van der Waals surface area contributed by atoms with Gasteiger partial charge in [0.15, 0.2) is 5.54 Å². The number of anilines is 1. The maximum atomic E-state index is 15.2. The van der Waals surface area contributed by atoms with Crippen molar-refractivity contribution in [3.05, 3.63) is 76.8 Å². The number of aliphatic hydroxyl groups is 1. The zero-order valence-electron chi connectivity index (χ0n) is 24.3. The minimum atomic E-state index is -4.64. The minimum absolute atomic E-state index is 0.0240. The van der Waals surface area contributed by atoms with Crippen LogP contribution in [-0.4, -0.2) is 89.3 Å². The first-order chi connectivity index (χ1) is 20.4.